The number of carbonyl (C=O) groups is 1. The molecule has 0 spiro atoms. The lowest BCUT2D eigenvalue weighted by Gasteiger charge is -2.14. The molecule has 0 bridgehead atoms. The van der Waals surface area contributed by atoms with E-state index in [0.717, 1.165) is 37.3 Å². The van der Waals surface area contributed by atoms with Crippen LogP contribution in [0, 0.1) is 0 Å². The van der Waals surface area contributed by atoms with Gasteiger partial charge >= 0.3 is 0 Å². The Morgan fingerprint density at radius 3 is 2.76 bits per heavy atom. The third-order valence-corrected chi connectivity index (χ3v) is 3.14. The predicted molar refractivity (Wildman–Crippen MR) is 85.8 cm³/mol. The van der Waals surface area contributed by atoms with Crippen LogP contribution < -0.4 is 10.6 Å². The highest BCUT2D eigenvalue weighted by molar-refractivity contribution is 5.95. The molecule has 1 rings (SSSR count). The fraction of sp³-hybridized carbons (Fsp3) is 0.625. The van der Waals surface area contributed by atoms with Gasteiger partial charge in [0, 0.05) is 37.6 Å². The van der Waals surface area contributed by atoms with E-state index >= 15 is 0 Å². The number of aromatic nitrogens is 1. The van der Waals surface area contributed by atoms with E-state index in [0.29, 0.717) is 12.2 Å². The summed E-state index contributed by atoms with van der Waals surface area (Å²) in [7, 11) is 1.66. The molecular weight excluding hydrogens is 266 g/mol. The van der Waals surface area contributed by atoms with Crippen molar-refractivity contribution >= 4 is 11.7 Å². The summed E-state index contributed by atoms with van der Waals surface area (Å²) < 4.78 is 5.03. The summed E-state index contributed by atoms with van der Waals surface area (Å²) in [5, 5.41) is 6.17. The average molecular weight is 293 g/mol. The number of hydrogen-bond acceptors (Lipinski definition) is 4. The maximum absolute atomic E-state index is 12.3. The summed E-state index contributed by atoms with van der Waals surface area (Å²) in [6.07, 6.45) is 2.68. The number of ether oxygens (including phenoxy) is 1. The molecular formula is C16H27N3O2. The SMILES string of the molecule is CCCc1cc(C(=O)NC(C)CCOC)cc(NCC)n1. The van der Waals surface area contributed by atoms with Crippen molar-refractivity contribution < 1.29 is 9.53 Å². The molecule has 2 N–H and O–H groups in total. The minimum Gasteiger partial charge on any atom is -0.385 e. The normalized spacial score (nSPS) is 12.0. The Morgan fingerprint density at radius 1 is 1.38 bits per heavy atom. The van der Waals surface area contributed by atoms with E-state index in [1.54, 1.807) is 13.2 Å². The second-order valence-corrected chi connectivity index (χ2v) is 5.17. The van der Waals surface area contributed by atoms with Gasteiger partial charge in [-0.05, 0) is 38.8 Å². The van der Waals surface area contributed by atoms with Crippen molar-refractivity contribution in [3.05, 3.63) is 23.4 Å². The molecule has 0 saturated heterocycles. The number of amides is 1. The largest absolute Gasteiger partial charge is 0.385 e. The highest BCUT2D eigenvalue weighted by Crippen LogP contribution is 2.12. The van der Waals surface area contributed by atoms with E-state index in [1.807, 2.05) is 19.9 Å². The van der Waals surface area contributed by atoms with Gasteiger partial charge in [0.05, 0.1) is 0 Å². The molecule has 0 radical (unpaired) electrons. The van der Waals surface area contributed by atoms with Crippen LogP contribution >= 0.6 is 0 Å². The van der Waals surface area contributed by atoms with Crippen molar-refractivity contribution in [2.45, 2.75) is 46.1 Å². The van der Waals surface area contributed by atoms with E-state index in [2.05, 4.69) is 22.5 Å². The van der Waals surface area contributed by atoms with Gasteiger partial charge in [-0.25, -0.2) is 4.98 Å². The number of rotatable bonds is 9. The number of anilines is 1. The molecule has 1 atom stereocenters. The summed E-state index contributed by atoms with van der Waals surface area (Å²) in [5.41, 5.74) is 1.61. The summed E-state index contributed by atoms with van der Waals surface area (Å²) in [6, 6.07) is 3.77. The lowest BCUT2D eigenvalue weighted by molar-refractivity contribution is 0.0929. The first kappa shape index (κ1) is 17.4. The maximum atomic E-state index is 12.3. The van der Waals surface area contributed by atoms with Crippen LogP contribution in [0.1, 0.15) is 49.7 Å². The molecule has 0 aliphatic carbocycles. The van der Waals surface area contributed by atoms with Crippen LogP contribution in [0.5, 0.6) is 0 Å². The molecule has 1 amide bonds. The van der Waals surface area contributed by atoms with Gasteiger partial charge in [0.1, 0.15) is 5.82 Å². The van der Waals surface area contributed by atoms with Crippen molar-refractivity contribution in [1.82, 2.24) is 10.3 Å². The van der Waals surface area contributed by atoms with Crippen LogP contribution in [-0.2, 0) is 11.2 Å². The molecule has 0 aliphatic rings. The highest BCUT2D eigenvalue weighted by Gasteiger charge is 2.12. The topological polar surface area (TPSA) is 63.2 Å². The van der Waals surface area contributed by atoms with Gasteiger partial charge in [-0.15, -0.1) is 0 Å². The number of aryl methyl sites for hydroxylation is 1. The number of nitrogens with one attached hydrogen (secondary N) is 2. The first-order valence-corrected chi connectivity index (χ1v) is 7.65. The molecule has 21 heavy (non-hydrogen) atoms. The van der Waals surface area contributed by atoms with Gasteiger partial charge in [-0.2, -0.15) is 0 Å². The molecule has 118 valence electrons. The molecule has 5 heteroatoms. The van der Waals surface area contributed by atoms with Gasteiger partial charge in [0.15, 0.2) is 0 Å². The predicted octanol–water partition coefficient (Wildman–Crippen LogP) is 2.62. The second kappa shape index (κ2) is 9.34. The van der Waals surface area contributed by atoms with Crippen LogP contribution in [0.2, 0.25) is 0 Å². The smallest absolute Gasteiger partial charge is 0.251 e. The first-order chi connectivity index (χ1) is 10.1. The number of pyridine rings is 1. The average Bonchev–Trinajstić information content (AvgIpc) is 2.45. The van der Waals surface area contributed by atoms with Gasteiger partial charge in [-0.1, -0.05) is 13.3 Å². The Labute approximate surface area is 127 Å². The van der Waals surface area contributed by atoms with Crippen LogP contribution in [0.25, 0.3) is 0 Å². The lowest BCUT2D eigenvalue weighted by atomic mass is 10.1. The monoisotopic (exact) mass is 293 g/mol. The Morgan fingerprint density at radius 2 is 2.14 bits per heavy atom. The van der Waals surface area contributed by atoms with Crippen molar-refractivity contribution in [2.24, 2.45) is 0 Å². The van der Waals surface area contributed by atoms with Crippen molar-refractivity contribution in [3.8, 4) is 0 Å². The van der Waals surface area contributed by atoms with Crippen LogP contribution in [0.3, 0.4) is 0 Å². The molecule has 5 nitrogen and oxygen atoms in total. The van der Waals surface area contributed by atoms with Crippen molar-refractivity contribution in [3.63, 3.8) is 0 Å². The third-order valence-electron chi connectivity index (χ3n) is 3.14. The zero-order chi connectivity index (χ0) is 15.7. The number of methoxy groups -OCH3 is 1. The molecule has 0 saturated carbocycles. The zero-order valence-electron chi connectivity index (χ0n) is 13.5. The summed E-state index contributed by atoms with van der Waals surface area (Å²) in [5.74, 6) is 0.704. The standard InChI is InChI=1S/C16H27N3O2/c1-5-7-14-10-13(11-15(19-14)17-6-2)16(20)18-12(3)8-9-21-4/h10-12H,5-9H2,1-4H3,(H,17,19)(H,18,20). The minimum atomic E-state index is -0.0579. The fourth-order valence-electron chi connectivity index (χ4n) is 2.05. The van der Waals surface area contributed by atoms with E-state index < -0.39 is 0 Å². The van der Waals surface area contributed by atoms with Crippen LogP contribution in [0.15, 0.2) is 12.1 Å². The van der Waals surface area contributed by atoms with E-state index in [-0.39, 0.29) is 11.9 Å². The van der Waals surface area contributed by atoms with Crippen molar-refractivity contribution in [1.29, 1.82) is 0 Å². The Bertz CT molecular complexity index is 425. The van der Waals surface area contributed by atoms with Gasteiger partial charge in [0.25, 0.3) is 5.91 Å². The Kier molecular flexibility index (Phi) is 7.75. The first-order valence-electron chi connectivity index (χ1n) is 7.65. The Balaban J connectivity index is 2.81. The molecule has 1 heterocycles. The van der Waals surface area contributed by atoms with E-state index in [1.165, 1.54) is 0 Å². The molecule has 0 aliphatic heterocycles. The zero-order valence-corrected chi connectivity index (χ0v) is 13.5. The van der Waals surface area contributed by atoms with Crippen LogP contribution in [-0.4, -0.2) is 37.2 Å². The van der Waals surface area contributed by atoms with Gasteiger partial charge in [-0.3, -0.25) is 4.79 Å². The van der Waals surface area contributed by atoms with Crippen molar-refractivity contribution in [2.75, 3.05) is 25.6 Å². The fourth-order valence-corrected chi connectivity index (χ4v) is 2.05. The maximum Gasteiger partial charge on any atom is 0.251 e. The van der Waals surface area contributed by atoms with E-state index in [9.17, 15) is 4.79 Å². The van der Waals surface area contributed by atoms with E-state index in [4.69, 9.17) is 4.74 Å². The highest BCUT2D eigenvalue weighted by atomic mass is 16.5. The van der Waals surface area contributed by atoms with Gasteiger partial charge in [0.2, 0.25) is 0 Å². The quantitative estimate of drug-likeness (QED) is 0.734. The van der Waals surface area contributed by atoms with Gasteiger partial charge < -0.3 is 15.4 Å². The second-order valence-electron chi connectivity index (χ2n) is 5.17. The molecule has 1 aromatic heterocycles. The number of nitrogens with zero attached hydrogens (tertiary/aromatic N) is 1. The number of carbonyl (C=O) groups excluding carboxylic acids is 1. The molecule has 1 unspecified atom stereocenters. The Hall–Kier alpha value is -1.62. The third kappa shape index (κ3) is 6.12. The van der Waals surface area contributed by atoms with Crippen LogP contribution in [0.4, 0.5) is 5.82 Å². The summed E-state index contributed by atoms with van der Waals surface area (Å²) in [6.45, 7) is 7.53. The number of hydrogen-bond donors (Lipinski definition) is 2. The summed E-state index contributed by atoms with van der Waals surface area (Å²) in [4.78, 5) is 16.8. The summed E-state index contributed by atoms with van der Waals surface area (Å²) >= 11 is 0. The molecule has 0 fully saturated rings. The lowest BCUT2D eigenvalue weighted by Crippen LogP contribution is -2.33. The molecule has 1 aromatic rings. The minimum absolute atomic E-state index is 0.0579. The molecule has 0 aromatic carbocycles.